The third-order valence-electron chi connectivity index (χ3n) is 4.03. The summed E-state index contributed by atoms with van der Waals surface area (Å²) >= 11 is 18.7. The lowest BCUT2D eigenvalue weighted by molar-refractivity contribution is 0.0770. The van der Waals surface area contributed by atoms with Crippen LogP contribution in [0.3, 0.4) is 0 Å². The quantitative estimate of drug-likeness (QED) is 0.322. The third kappa shape index (κ3) is 9.09. The highest BCUT2D eigenvalue weighted by Gasteiger charge is 2.14. The molecular formula is C22H29Cl4NO3. The van der Waals surface area contributed by atoms with Gasteiger partial charge in [0.15, 0.2) is 11.5 Å². The van der Waals surface area contributed by atoms with Gasteiger partial charge in [-0.1, -0.05) is 40.9 Å². The molecule has 30 heavy (non-hydrogen) atoms. The van der Waals surface area contributed by atoms with Crippen LogP contribution in [0.1, 0.15) is 38.3 Å². The lowest BCUT2D eigenvalue weighted by Crippen LogP contribution is -2.17. The van der Waals surface area contributed by atoms with E-state index in [-0.39, 0.29) is 25.1 Å². The van der Waals surface area contributed by atoms with Gasteiger partial charge in [-0.05, 0) is 63.6 Å². The fraction of sp³-hybridized carbons (Fsp3) is 0.455. The van der Waals surface area contributed by atoms with Gasteiger partial charge in [0.2, 0.25) is 0 Å². The van der Waals surface area contributed by atoms with Crippen molar-refractivity contribution in [1.82, 2.24) is 5.32 Å². The molecule has 0 bridgehead atoms. The molecule has 0 aliphatic rings. The molecule has 0 unspecified atom stereocenters. The van der Waals surface area contributed by atoms with Crippen LogP contribution < -0.4 is 14.8 Å². The lowest BCUT2D eigenvalue weighted by atomic mass is 10.2. The van der Waals surface area contributed by atoms with Crippen LogP contribution in [0.15, 0.2) is 30.3 Å². The topological polar surface area (TPSA) is 39.7 Å². The van der Waals surface area contributed by atoms with E-state index in [2.05, 4.69) is 5.32 Å². The van der Waals surface area contributed by atoms with Crippen molar-refractivity contribution >= 4 is 47.2 Å². The number of ether oxygens (including phenoxy) is 3. The maximum atomic E-state index is 6.49. The van der Waals surface area contributed by atoms with Crippen LogP contribution in [0.25, 0.3) is 0 Å². The Balaban J connectivity index is 0.00000450. The summed E-state index contributed by atoms with van der Waals surface area (Å²) in [7, 11) is 0. The van der Waals surface area contributed by atoms with Crippen LogP contribution in [0.5, 0.6) is 11.5 Å². The van der Waals surface area contributed by atoms with Crippen molar-refractivity contribution in [2.24, 2.45) is 0 Å². The molecule has 0 spiro atoms. The van der Waals surface area contributed by atoms with Gasteiger partial charge in [0.1, 0.15) is 6.61 Å². The molecule has 0 aliphatic heterocycles. The molecule has 0 aromatic heterocycles. The van der Waals surface area contributed by atoms with Gasteiger partial charge in [0.05, 0.1) is 17.7 Å². The Kier molecular flexibility index (Phi) is 12.9. The number of rotatable bonds is 12. The minimum atomic E-state index is 0. The smallest absolute Gasteiger partial charge is 0.180 e. The van der Waals surface area contributed by atoms with Crippen molar-refractivity contribution in [1.29, 1.82) is 0 Å². The second-order valence-electron chi connectivity index (χ2n) is 6.81. The second kappa shape index (κ2) is 14.2. The normalized spacial score (nSPS) is 10.8. The zero-order chi connectivity index (χ0) is 21.2. The zero-order valence-electron chi connectivity index (χ0n) is 17.5. The van der Waals surface area contributed by atoms with Crippen LogP contribution in [-0.4, -0.2) is 25.9 Å². The zero-order valence-corrected chi connectivity index (χ0v) is 20.6. The summed E-state index contributed by atoms with van der Waals surface area (Å²) in [6, 6.07) is 9.14. The van der Waals surface area contributed by atoms with Gasteiger partial charge >= 0.3 is 0 Å². The number of hydrogen-bond donors (Lipinski definition) is 1. The van der Waals surface area contributed by atoms with Gasteiger partial charge in [-0.3, -0.25) is 0 Å². The van der Waals surface area contributed by atoms with E-state index in [4.69, 9.17) is 49.0 Å². The van der Waals surface area contributed by atoms with Crippen molar-refractivity contribution in [3.05, 3.63) is 56.5 Å². The Hall–Kier alpha value is -0.880. The fourth-order valence-corrected chi connectivity index (χ4v) is 3.41. The molecule has 2 aromatic rings. The standard InChI is InChI=1S/C22H28Cl3NO3.ClH/c1-4-27-21-11-16(13-26-8-5-9-28-15(2)3)10-20(25)22(21)29-14-17-6-7-18(23)12-19(17)24;/h6-7,10-12,15,26H,4-5,8-9,13-14H2,1-3H3;1H. The molecule has 0 aliphatic carbocycles. The molecule has 0 saturated heterocycles. The summed E-state index contributed by atoms with van der Waals surface area (Å²) in [5, 5.41) is 5.03. The van der Waals surface area contributed by atoms with Crippen molar-refractivity contribution < 1.29 is 14.2 Å². The Bertz CT molecular complexity index is 787. The van der Waals surface area contributed by atoms with Gasteiger partial charge in [-0.2, -0.15) is 0 Å². The molecule has 2 rings (SSSR count). The molecular weight excluding hydrogens is 468 g/mol. The van der Waals surface area contributed by atoms with Crippen LogP contribution in [0, 0.1) is 0 Å². The van der Waals surface area contributed by atoms with E-state index in [1.54, 1.807) is 12.1 Å². The number of nitrogens with one attached hydrogen (secondary N) is 1. The molecule has 8 heteroatoms. The highest BCUT2D eigenvalue weighted by Crippen LogP contribution is 2.37. The average molecular weight is 497 g/mol. The maximum Gasteiger partial charge on any atom is 0.180 e. The summed E-state index contributed by atoms with van der Waals surface area (Å²) in [6.45, 7) is 9.07. The van der Waals surface area contributed by atoms with Crippen LogP contribution in [0.4, 0.5) is 0 Å². The van der Waals surface area contributed by atoms with Crippen LogP contribution in [0.2, 0.25) is 15.1 Å². The van der Waals surface area contributed by atoms with Crippen LogP contribution in [-0.2, 0) is 17.9 Å². The first kappa shape index (κ1) is 27.2. The maximum absolute atomic E-state index is 6.49. The van der Waals surface area contributed by atoms with Gasteiger partial charge in [-0.25, -0.2) is 0 Å². The fourth-order valence-electron chi connectivity index (χ4n) is 2.66. The lowest BCUT2D eigenvalue weighted by Gasteiger charge is -2.16. The highest BCUT2D eigenvalue weighted by molar-refractivity contribution is 6.35. The summed E-state index contributed by atoms with van der Waals surface area (Å²) in [5.41, 5.74) is 1.85. The molecule has 4 nitrogen and oxygen atoms in total. The first-order valence-corrected chi connectivity index (χ1v) is 10.9. The summed E-state index contributed by atoms with van der Waals surface area (Å²) in [6.07, 6.45) is 1.21. The van der Waals surface area contributed by atoms with Crippen LogP contribution >= 0.6 is 47.2 Å². The van der Waals surface area contributed by atoms with Crippen molar-refractivity contribution in [2.45, 2.75) is 46.4 Å². The molecule has 2 aromatic carbocycles. The van der Waals surface area contributed by atoms with Gasteiger partial charge in [0, 0.05) is 28.8 Å². The van der Waals surface area contributed by atoms with Gasteiger partial charge in [0.25, 0.3) is 0 Å². The highest BCUT2D eigenvalue weighted by atomic mass is 35.5. The predicted octanol–water partition coefficient (Wildman–Crippen LogP) is 6.95. The minimum absolute atomic E-state index is 0. The van der Waals surface area contributed by atoms with Gasteiger partial charge < -0.3 is 19.5 Å². The molecule has 0 saturated carbocycles. The number of benzene rings is 2. The first-order chi connectivity index (χ1) is 13.9. The molecule has 0 radical (unpaired) electrons. The monoisotopic (exact) mass is 495 g/mol. The van der Waals surface area contributed by atoms with E-state index in [1.165, 1.54) is 0 Å². The van der Waals surface area contributed by atoms with E-state index in [1.807, 2.05) is 39.0 Å². The number of halogens is 4. The third-order valence-corrected chi connectivity index (χ3v) is 4.90. The van der Waals surface area contributed by atoms with E-state index >= 15 is 0 Å². The molecule has 0 amide bonds. The predicted molar refractivity (Wildman–Crippen MR) is 128 cm³/mol. The van der Waals surface area contributed by atoms with Crippen molar-refractivity contribution in [2.75, 3.05) is 19.8 Å². The first-order valence-electron chi connectivity index (χ1n) is 9.75. The molecule has 0 atom stereocenters. The summed E-state index contributed by atoms with van der Waals surface area (Å²) in [4.78, 5) is 0. The molecule has 0 heterocycles. The van der Waals surface area contributed by atoms with Crippen molar-refractivity contribution in [3.8, 4) is 11.5 Å². The largest absolute Gasteiger partial charge is 0.490 e. The molecule has 168 valence electrons. The Morgan fingerprint density at radius 1 is 1.00 bits per heavy atom. The SMILES string of the molecule is CCOc1cc(CNCCCOC(C)C)cc(Cl)c1OCc1ccc(Cl)cc1Cl.Cl. The summed E-state index contributed by atoms with van der Waals surface area (Å²) in [5.74, 6) is 1.12. The Labute approximate surface area is 200 Å². The average Bonchev–Trinajstić information content (AvgIpc) is 2.65. The van der Waals surface area contributed by atoms with Crippen molar-refractivity contribution in [3.63, 3.8) is 0 Å². The minimum Gasteiger partial charge on any atom is -0.490 e. The van der Waals surface area contributed by atoms with E-state index in [9.17, 15) is 0 Å². The Morgan fingerprint density at radius 2 is 1.77 bits per heavy atom. The second-order valence-corrected chi connectivity index (χ2v) is 8.06. The van der Waals surface area contributed by atoms with E-state index in [0.29, 0.717) is 39.7 Å². The van der Waals surface area contributed by atoms with E-state index in [0.717, 1.165) is 30.7 Å². The summed E-state index contributed by atoms with van der Waals surface area (Å²) < 4.78 is 17.2. The number of hydrogen-bond acceptors (Lipinski definition) is 4. The Morgan fingerprint density at radius 3 is 2.43 bits per heavy atom. The van der Waals surface area contributed by atoms with Gasteiger partial charge in [-0.15, -0.1) is 12.4 Å². The molecule has 0 fully saturated rings. The molecule has 1 N–H and O–H groups in total. The van der Waals surface area contributed by atoms with E-state index < -0.39 is 0 Å².